The molecule has 0 atom stereocenters. The summed E-state index contributed by atoms with van der Waals surface area (Å²) in [7, 11) is 0. The lowest BCUT2D eigenvalue weighted by atomic mass is 10.2. The number of nitrogens with one attached hydrogen (secondary N) is 1. The van der Waals surface area contributed by atoms with E-state index in [2.05, 4.69) is 5.32 Å². The highest BCUT2D eigenvalue weighted by Gasteiger charge is 1.95. The molecule has 0 saturated carbocycles. The lowest BCUT2D eigenvalue weighted by Gasteiger charge is -2.08. The van der Waals surface area contributed by atoms with E-state index in [0.29, 0.717) is 6.54 Å². The van der Waals surface area contributed by atoms with Crippen LogP contribution in [0.25, 0.3) is 0 Å². The molecule has 0 unspecified atom stereocenters. The summed E-state index contributed by atoms with van der Waals surface area (Å²) >= 11 is 0. The van der Waals surface area contributed by atoms with Crippen LogP contribution >= 0.6 is 49.6 Å². The first kappa shape index (κ1) is 25.0. The van der Waals surface area contributed by atoms with Crippen molar-refractivity contribution >= 4 is 61.0 Å². The molecule has 0 aliphatic rings. The van der Waals surface area contributed by atoms with E-state index in [1.165, 1.54) is 0 Å². The average molecular weight is 311 g/mol. The van der Waals surface area contributed by atoms with E-state index in [0.717, 1.165) is 23.5 Å². The maximum atomic E-state index is 5.60. The Hall–Kier alpha value is -0.0600. The minimum absolute atomic E-state index is 0. The van der Waals surface area contributed by atoms with Crippen LogP contribution in [0.15, 0.2) is 18.2 Å². The summed E-state index contributed by atoms with van der Waals surface area (Å²) in [6, 6.07) is 5.80. The zero-order valence-electron chi connectivity index (χ0n) is 8.93. The van der Waals surface area contributed by atoms with Gasteiger partial charge in [0.25, 0.3) is 0 Å². The van der Waals surface area contributed by atoms with Gasteiger partial charge in [0.2, 0.25) is 0 Å². The largest absolute Gasteiger partial charge is 0.399 e. The predicted octanol–water partition coefficient (Wildman–Crippen LogP) is 2.64. The Morgan fingerprint density at radius 2 is 1.69 bits per heavy atom. The van der Waals surface area contributed by atoms with Gasteiger partial charge in [-0.15, -0.1) is 49.6 Å². The molecule has 0 aliphatic heterocycles. The third kappa shape index (κ3) is 8.13. The van der Waals surface area contributed by atoms with Gasteiger partial charge in [0.1, 0.15) is 0 Å². The molecule has 5 N–H and O–H groups in total. The molecule has 1 aromatic rings. The van der Waals surface area contributed by atoms with Crippen LogP contribution in [0.5, 0.6) is 0 Å². The summed E-state index contributed by atoms with van der Waals surface area (Å²) in [4.78, 5) is 0. The second kappa shape index (κ2) is 13.0. The van der Waals surface area contributed by atoms with E-state index in [1.807, 2.05) is 25.1 Å². The summed E-state index contributed by atoms with van der Waals surface area (Å²) in [5.74, 6) is 0. The number of aryl methyl sites for hydroxylation is 1. The number of benzene rings is 1. The predicted molar refractivity (Wildman–Crippen MR) is 82.1 cm³/mol. The van der Waals surface area contributed by atoms with E-state index < -0.39 is 0 Å². The maximum absolute atomic E-state index is 5.60. The highest BCUT2D eigenvalue weighted by Crippen LogP contribution is 2.16. The van der Waals surface area contributed by atoms with Gasteiger partial charge in [-0.2, -0.15) is 0 Å². The fraction of sp³-hybridized carbons (Fsp3) is 0.333. The normalized spacial score (nSPS) is 7.38. The SMILES string of the molecule is Cc1cc(N)ccc1NCCN.Cl.Cl.Cl.Cl. The molecule has 98 valence electrons. The first-order valence-corrected chi connectivity index (χ1v) is 4.04. The molecule has 3 nitrogen and oxygen atoms in total. The topological polar surface area (TPSA) is 64.1 Å². The van der Waals surface area contributed by atoms with Gasteiger partial charge in [0.15, 0.2) is 0 Å². The van der Waals surface area contributed by atoms with Gasteiger partial charge >= 0.3 is 0 Å². The minimum atomic E-state index is 0. The van der Waals surface area contributed by atoms with Crippen LogP contribution in [0, 0.1) is 6.92 Å². The molecule has 1 aromatic carbocycles. The molecule has 1 rings (SSSR count). The number of halogens is 4. The van der Waals surface area contributed by atoms with Gasteiger partial charge in [-0.05, 0) is 30.7 Å². The van der Waals surface area contributed by atoms with Gasteiger partial charge < -0.3 is 16.8 Å². The van der Waals surface area contributed by atoms with Crippen LogP contribution in [-0.4, -0.2) is 13.1 Å². The monoisotopic (exact) mass is 309 g/mol. The summed E-state index contributed by atoms with van der Waals surface area (Å²) in [5.41, 5.74) is 14.0. The number of anilines is 2. The third-order valence-electron chi connectivity index (χ3n) is 1.71. The average Bonchev–Trinajstić information content (AvgIpc) is 2.03. The molecule has 0 spiro atoms. The Kier molecular flexibility index (Phi) is 20.3. The molecule has 0 amide bonds. The highest BCUT2D eigenvalue weighted by molar-refractivity contribution is 5.86. The first-order chi connectivity index (χ1) is 5.74. The van der Waals surface area contributed by atoms with E-state index in [9.17, 15) is 0 Å². The molecular weight excluding hydrogens is 292 g/mol. The number of rotatable bonds is 3. The van der Waals surface area contributed by atoms with Crippen molar-refractivity contribution in [1.82, 2.24) is 0 Å². The van der Waals surface area contributed by atoms with Crippen molar-refractivity contribution < 1.29 is 0 Å². The minimum Gasteiger partial charge on any atom is -0.399 e. The zero-order chi connectivity index (χ0) is 8.97. The van der Waals surface area contributed by atoms with Gasteiger partial charge in [-0.25, -0.2) is 0 Å². The molecule has 16 heavy (non-hydrogen) atoms. The fourth-order valence-electron chi connectivity index (χ4n) is 1.09. The molecule has 7 heteroatoms. The quantitative estimate of drug-likeness (QED) is 0.752. The Balaban J connectivity index is -0.000000180. The van der Waals surface area contributed by atoms with Crippen molar-refractivity contribution in [2.45, 2.75) is 6.92 Å². The van der Waals surface area contributed by atoms with Gasteiger partial charge in [-0.1, -0.05) is 0 Å². The van der Waals surface area contributed by atoms with E-state index in [1.54, 1.807) is 0 Å². The highest BCUT2D eigenvalue weighted by atomic mass is 35.5. The Labute approximate surface area is 121 Å². The van der Waals surface area contributed by atoms with Crippen LogP contribution in [-0.2, 0) is 0 Å². The van der Waals surface area contributed by atoms with Crippen molar-refractivity contribution in [1.29, 1.82) is 0 Å². The zero-order valence-corrected chi connectivity index (χ0v) is 12.2. The molecular formula is C9H19Cl4N3. The molecule has 0 fully saturated rings. The molecule has 0 bridgehead atoms. The smallest absolute Gasteiger partial charge is 0.0371 e. The van der Waals surface area contributed by atoms with Crippen LogP contribution in [0.3, 0.4) is 0 Å². The molecule has 0 heterocycles. The van der Waals surface area contributed by atoms with Crippen molar-refractivity contribution in [3.63, 3.8) is 0 Å². The standard InChI is InChI=1S/C9H15N3.4ClH/c1-7-6-8(11)2-3-9(7)12-5-4-10;;;;/h2-3,6,12H,4-5,10-11H2,1H3;4*1H. The number of hydrogen-bond acceptors (Lipinski definition) is 3. The van der Waals surface area contributed by atoms with E-state index in [-0.39, 0.29) is 49.6 Å². The van der Waals surface area contributed by atoms with Gasteiger partial charge in [0, 0.05) is 24.5 Å². The van der Waals surface area contributed by atoms with Crippen molar-refractivity contribution in [3.05, 3.63) is 23.8 Å². The number of hydrogen-bond donors (Lipinski definition) is 3. The van der Waals surface area contributed by atoms with E-state index in [4.69, 9.17) is 11.5 Å². The summed E-state index contributed by atoms with van der Waals surface area (Å²) < 4.78 is 0. The molecule has 0 aromatic heterocycles. The van der Waals surface area contributed by atoms with Gasteiger partial charge in [0.05, 0.1) is 0 Å². The third-order valence-corrected chi connectivity index (χ3v) is 1.71. The summed E-state index contributed by atoms with van der Waals surface area (Å²) in [6.45, 7) is 3.46. The molecule has 0 radical (unpaired) electrons. The van der Waals surface area contributed by atoms with Gasteiger partial charge in [-0.3, -0.25) is 0 Å². The van der Waals surface area contributed by atoms with Crippen LogP contribution in [0.4, 0.5) is 11.4 Å². The van der Waals surface area contributed by atoms with Crippen LogP contribution in [0.2, 0.25) is 0 Å². The lowest BCUT2D eigenvalue weighted by molar-refractivity contribution is 1.02. The first-order valence-electron chi connectivity index (χ1n) is 4.04. The van der Waals surface area contributed by atoms with Crippen molar-refractivity contribution in [2.24, 2.45) is 5.73 Å². The Bertz CT molecular complexity index is 271. The lowest BCUT2D eigenvalue weighted by Crippen LogP contribution is -2.13. The molecule has 0 aliphatic carbocycles. The fourth-order valence-corrected chi connectivity index (χ4v) is 1.09. The number of nitrogens with two attached hydrogens (primary N) is 2. The van der Waals surface area contributed by atoms with Crippen LogP contribution < -0.4 is 16.8 Å². The second-order valence-electron chi connectivity index (χ2n) is 2.79. The van der Waals surface area contributed by atoms with E-state index >= 15 is 0 Å². The summed E-state index contributed by atoms with van der Waals surface area (Å²) in [6.07, 6.45) is 0. The molecule has 0 saturated heterocycles. The maximum Gasteiger partial charge on any atom is 0.0371 e. The Morgan fingerprint density at radius 3 is 2.12 bits per heavy atom. The number of nitrogen functional groups attached to an aromatic ring is 1. The van der Waals surface area contributed by atoms with Crippen molar-refractivity contribution in [3.8, 4) is 0 Å². The Morgan fingerprint density at radius 1 is 1.12 bits per heavy atom. The second-order valence-corrected chi connectivity index (χ2v) is 2.79. The summed E-state index contributed by atoms with van der Waals surface area (Å²) in [5, 5.41) is 3.21. The van der Waals surface area contributed by atoms with Crippen LogP contribution in [0.1, 0.15) is 5.56 Å². The van der Waals surface area contributed by atoms with Crippen molar-refractivity contribution in [2.75, 3.05) is 24.1 Å².